The molecule has 0 atom stereocenters. The van der Waals surface area contributed by atoms with Crippen LogP contribution in [0.3, 0.4) is 0 Å². The van der Waals surface area contributed by atoms with E-state index in [1.165, 1.54) is 39.7 Å². The van der Waals surface area contributed by atoms with E-state index in [4.69, 9.17) is 29.0 Å². The van der Waals surface area contributed by atoms with E-state index in [1.54, 1.807) is 49.8 Å². The van der Waals surface area contributed by atoms with Crippen LogP contribution in [0.25, 0.3) is 0 Å². The molecule has 0 radical (unpaired) electrons. The zero-order valence-corrected chi connectivity index (χ0v) is 38.1. The van der Waals surface area contributed by atoms with Gasteiger partial charge in [0.1, 0.15) is 46.2 Å². The molecule has 25 heteroatoms. The monoisotopic (exact) mass is 960 g/mol. The fourth-order valence-electron chi connectivity index (χ4n) is 3.91. The predicted octanol–water partition coefficient (Wildman–Crippen LogP) is 3.61. The van der Waals surface area contributed by atoms with Crippen molar-refractivity contribution in [2.24, 2.45) is 0 Å². The molecule has 0 spiro atoms. The Hall–Kier alpha value is -6.05. The molecule has 0 fully saturated rings. The molecule has 5 rings (SSSR count). The van der Waals surface area contributed by atoms with E-state index in [0.29, 0.717) is 17.3 Å². The van der Waals surface area contributed by atoms with E-state index in [2.05, 4.69) is 49.8 Å². The standard InChI is InChI=1S/C8H13BN2O3.C8H11BrN2O.C8H12N2O.C7H6F3NO4S.C6H7NO2/c1-11(2)8-4-7(14-3)6(5-10-8)9(12)13;1-11(2)8-4-7(12-3)6(9)5-10-8;1-10(2)8-6-7(11-3)4-5-9-8;1-14-5-2-3-11-6(4-5)15-16(12,13)7(8,9)10;1-9-5-2-3-7-6(8)4-5/h4-5,12-13H,1-3H3;4-5H,1-3H3;4-6H,1-3H3;2-4H,1H3;2-4H,1H3,(H,7,8). The summed E-state index contributed by atoms with van der Waals surface area (Å²) in [6, 6.07) is 12.6. The Balaban J connectivity index is 0.000000392. The molecule has 0 bridgehead atoms. The van der Waals surface area contributed by atoms with Gasteiger partial charge >= 0.3 is 22.7 Å². The minimum atomic E-state index is -5.69. The lowest BCUT2D eigenvalue weighted by Crippen LogP contribution is -2.32. The van der Waals surface area contributed by atoms with Crippen LogP contribution in [0.4, 0.5) is 30.6 Å². The Labute approximate surface area is 366 Å². The van der Waals surface area contributed by atoms with Crippen molar-refractivity contribution in [2.45, 2.75) is 5.51 Å². The van der Waals surface area contributed by atoms with Crippen molar-refractivity contribution in [1.82, 2.24) is 24.9 Å². The third kappa shape index (κ3) is 18.7. The van der Waals surface area contributed by atoms with Gasteiger partial charge in [0.2, 0.25) is 5.88 Å². The number of aromatic amines is 1. The zero-order chi connectivity index (χ0) is 47.2. The highest BCUT2D eigenvalue weighted by Gasteiger charge is 2.48. The van der Waals surface area contributed by atoms with Crippen LogP contribution in [-0.2, 0) is 10.1 Å². The van der Waals surface area contributed by atoms with Gasteiger partial charge in [0, 0.05) is 109 Å². The van der Waals surface area contributed by atoms with Crippen molar-refractivity contribution in [3.63, 3.8) is 0 Å². The Kier molecular flexibility index (Phi) is 22.9. The first kappa shape index (κ1) is 54.0. The van der Waals surface area contributed by atoms with Gasteiger partial charge in [-0.25, -0.2) is 19.9 Å². The second-order valence-electron chi connectivity index (χ2n) is 12.2. The molecule has 0 aliphatic carbocycles. The summed E-state index contributed by atoms with van der Waals surface area (Å²) in [4.78, 5) is 34.3. The fraction of sp³-hybridized carbons (Fsp3) is 0.324. The SMILES string of the molecule is COc1cc(N(C)C)ncc1B(O)O.COc1cc(N(C)C)ncc1Br.COc1cc[nH]c(=O)c1.COc1ccnc(N(C)C)c1.COc1ccnc(OS(=O)(=O)C(F)(F)F)c1. The van der Waals surface area contributed by atoms with E-state index >= 15 is 0 Å². The number of nitrogens with zero attached hydrogens (tertiary/aromatic N) is 7. The van der Waals surface area contributed by atoms with Crippen molar-refractivity contribution >= 4 is 56.1 Å². The second kappa shape index (κ2) is 26.3. The largest absolute Gasteiger partial charge is 0.534 e. The average Bonchev–Trinajstić information content (AvgIpc) is 3.23. The topological polar surface area (TPSA) is 224 Å². The smallest absolute Gasteiger partial charge is 0.497 e. The Morgan fingerprint density at radius 2 is 1.13 bits per heavy atom. The van der Waals surface area contributed by atoms with Crippen molar-refractivity contribution in [3.05, 3.63) is 94.3 Å². The molecule has 340 valence electrons. The van der Waals surface area contributed by atoms with Gasteiger partial charge in [-0.3, -0.25) is 4.79 Å². The fourth-order valence-corrected chi connectivity index (χ4v) is 4.70. The van der Waals surface area contributed by atoms with Crippen LogP contribution in [0.5, 0.6) is 34.6 Å². The lowest BCUT2D eigenvalue weighted by molar-refractivity contribution is -0.0501. The molecule has 0 aliphatic heterocycles. The third-order valence-electron chi connectivity index (χ3n) is 7.13. The minimum Gasteiger partial charge on any atom is -0.497 e. The molecule has 0 saturated carbocycles. The Bertz CT molecular complexity index is 2280. The first-order valence-electron chi connectivity index (χ1n) is 17.4. The predicted molar refractivity (Wildman–Crippen MR) is 233 cm³/mol. The summed E-state index contributed by atoms with van der Waals surface area (Å²) in [6.07, 6.45) is 7.45. The number of hydrogen-bond acceptors (Lipinski definition) is 18. The molecule has 0 aliphatic rings. The van der Waals surface area contributed by atoms with Crippen LogP contribution in [0.2, 0.25) is 0 Å². The molecule has 0 saturated heterocycles. The van der Waals surface area contributed by atoms with Gasteiger partial charge in [0.25, 0.3) is 5.56 Å². The number of alkyl halides is 3. The summed E-state index contributed by atoms with van der Waals surface area (Å²) in [5.41, 5.74) is -5.37. The van der Waals surface area contributed by atoms with E-state index in [9.17, 15) is 26.4 Å². The molecular formula is C37H49BBrF3N8O11S. The molecule has 0 amide bonds. The first-order chi connectivity index (χ1) is 29.0. The van der Waals surface area contributed by atoms with Crippen LogP contribution in [0, 0.1) is 0 Å². The van der Waals surface area contributed by atoms with Crippen molar-refractivity contribution in [3.8, 4) is 34.6 Å². The highest BCUT2D eigenvalue weighted by atomic mass is 79.9. The molecule has 3 N–H and O–H groups in total. The van der Waals surface area contributed by atoms with E-state index in [-0.39, 0.29) is 16.8 Å². The molecule has 19 nitrogen and oxygen atoms in total. The minimum absolute atomic E-state index is 0.127. The molecular weight excluding hydrogens is 912 g/mol. The Morgan fingerprint density at radius 1 is 0.661 bits per heavy atom. The Morgan fingerprint density at radius 3 is 1.58 bits per heavy atom. The maximum absolute atomic E-state index is 11.9. The summed E-state index contributed by atoms with van der Waals surface area (Å²) >= 11 is 3.33. The van der Waals surface area contributed by atoms with Gasteiger partial charge in [0.05, 0.1) is 40.0 Å². The summed E-state index contributed by atoms with van der Waals surface area (Å²) < 4.78 is 86.2. The van der Waals surface area contributed by atoms with Crippen molar-refractivity contribution < 1.29 is 59.5 Å². The first-order valence-corrected chi connectivity index (χ1v) is 19.6. The summed E-state index contributed by atoms with van der Waals surface area (Å²) in [5, 5.41) is 18.0. The second-order valence-corrected chi connectivity index (χ2v) is 14.6. The molecule has 0 unspecified atom stereocenters. The van der Waals surface area contributed by atoms with E-state index in [1.807, 2.05) is 70.3 Å². The van der Waals surface area contributed by atoms with Crippen LogP contribution >= 0.6 is 15.9 Å². The number of H-pyrrole nitrogens is 1. The molecule has 5 aromatic rings. The normalized spacial score (nSPS) is 10.2. The zero-order valence-electron chi connectivity index (χ0n) is 35.7. The maximum Gasteiger partial charge on any atom is 0.534 e. The number of nitrogens with one attached hydrogen (secondary N) is 1. The quantitative estimate of drug-likeness (QED) is 0.0977. The molecule has 62 heavy (non-hydrogen) atoms. The molecule has 0 aromatic carbocycles. The van der Waals surface area contributed by atoms with Crippen LogP contribution < -0.4 is 53.6 Å². The van der Waals surface area contributed by atoms with Gasteiger partial charge in [-0.15, -0.1) is 0 Å². The number of pyridine rings is 5. The number of hydrogen-bond donors (Lipinski definition) is 3. The third-order valence-corrected chi connectivity index (χ3v) is 8.69. The highest BCUT2D eigenvalue weighted by Crippen LogP contribution is 2.28. The van der Waals surface area contributed by atoms with Crippen LogP contribution in [0.15, 0.2) is 88.8 Å². The number of halogens is 4. The lowest BCUT2D eigenvalue weighted by atomic mass is 9.81. The number of rotatable bonds is 11. The lowest BCUT2D eigenvalue weighted by Gasteiger charge is -2.14. The van der Waals surface area contributed by atoms with Gasteiger partial charge in [-0.1, -0.05) is 0 Å². The van der Waals surface area contributed by atoms with Gasteiger partial charge in [-0.05, 0) is 34.1 Å². The van der Waals surface area contributed by atoms with Crippen LogP contribution in [-0.4, -0.2) is 134 Å². The molecule has 5 aromatic heterocycles. The molecule has 5 heterocycles. The van der Waals surface area contributed by atoms with Crippen molar-refractivity contribution in [2.75, 3.05) is 92.5 Å². The van der Waals surface area contributed by atoms with Gasteiger partial charge in [-0.2, -0.15) is 21.6 Å². The van der Waals surface area contributed by atoms with Crippen LogP contribution in [0.1, 0.15) is 0 Å². The van der Waals surface area contributed by atoms with Crippen molar-refractivity contribution in [1.29, 1.82) is 0 Å². The van der Waals surface area contributed by atoms with E-state index < -0.39 is 28.6 Å². The summed E-state index contributed by atoms with van der Waals surface area (Å²) in [5.74, 6) is 4.54. The summed E-state index contributed by atoms with van der Waals surface area (Å²) in [7, 11) is 11.7. The number of anilines is 3. The maximum atomic E-state index is 11.9. The average molecular weight is 962 g/mol. The van der Waals surface area contributed by atoms with Gasteiger partial charge in [0.15, 0.2) is 0 Å². The highest BCUT2D eigenvalue weighted by molar-refractivity contribution is 9.10. The number of methoxy groups -OCH3 is 5. The number of aromatic nitrogens is 5. The van der Waals surface area contributed by atoms with Gasteiger partial charge < -0.3 is 57.6 Å². The number of ether oxygens (including phenoxy) is 5. The van der Waals surface area contributed by atoms with E-state index in [0.717, 1.165) is 39.9 Å². The summed E-state index contributed by atoms with van der Waals surface area (Å²) in [6.45, 7) is 0.